The SMILES string of the molecule is COC(=O)c1ccc(CSc2nnc3n(-c4cc(C)ccc4OC)c(=O)c4ccccc4n23)o1. The first-order valence-electron chi connectivity index (χ1n) is 10.4. The molecule has 0 spiro atoms. The molecule has 0 saturated carbocycles. The monoisotopic (exact) mass is 476 g/mol. The second kappa shape index (κ2) is 8.71. The molecule has 0 N–H and O–H groups in total. The van der Waals surface area contributed by atoms with Gasteiger partial charge >= 0.3 is 5.97 Å². The van der Waals surface area contributed by atoms with Crippen molar-refractivity contribution in [3.63, 3.8) is 0 Å². The van der Waals surface area contributed by atoms with Crippen LogP contribution >= 0.6 is 11.8 Å². The highest BCUT2D eigenvalue weighted by atomic mass is 32.2. The van der Waals surface area contributed by atoms with Gasteiger partial charge in [0.1, 0.15) is 11.5 Å². The zero-order valence-corrected chi connectivity index (χ0v) is 19.5. The van der Waals surface area contributed by atoms with E-state index in [1.54, 1.807) is 25.3 Å². The third-order valence-corrected chi connectivity index (χ3v) is 6.31. The van der Waals surface area contributed by atoms with Crippen LogP contribution in [0.25, 0.3) is 22.4 Å². The number of rotatable bonds is 6. The maximum absolute atomic E-state index is 13.6. The number of aromatic nitrogens is 4. The number of thioether (sulfide) groups is 1. The van der Waals surface area contributed by atoms with Gasteiger partial charge in [0.2, 0.25) is 11.5 Å². The molecule has 10 heteroatoms. The maximum atomic E-state index is 13.6. The number of carbonyl (C=O) groups is 1. The molecule has 3 aromatic heterocycles. The summed E-state index contributed by atoms with van der Waals surface area (Å²) < 4.78 is 19.2. The van der Waals surface area contributed by atoms with Crippen LogP contribution in [0.1, 0.15) is 21.9 Å². The van der Waals surface area contributed by atoms with Gasteiger partial charge in [-0.2, -0.15) is 0 Å². The number of benzene rings is 2. The van der Waals surface area contributed by atoms with Crippen LogP contribution in [0.3, 0.4) is 0 Å². The van der Waals surface area contributed by atoms with Crippen LogP contribution in [0.2, 0.25) is 0 Å². The second-order valence-corrected chi connectivity index (χ2v) is 8.44. The quantitative estimate of drug-likeness (QED) is 0.268. The van der Waals surface area contributed by atoms with Crippen LogP contribution < -0.4 is 10.3 Å². The summed E-state index contributed by atoms with van der Waals surface area (Å²) in [5.41, 5.74) is 2.03. The predicted molar refractivity (Wildman–Crippen MR) is 127 cm³/mol. The minimum atomic E-state index is -0.536. The van der Waals surface area contributed by atoms with E-state index < -0.39 is 5.97 Å². The third-order valence-electron chi connectivity index (χ3n) is 5.36. The predicted octanol–water partition coefficient (Wildman–Crippen LogP) is 4.02. The number of methoxy groups -OCH3 is 2. The zero-order chi connectivity index (χ0) is 23.8. The molecule has 34 heavy (non-hydrogen) atoms. The average molecular weight is 477 g/mol. The van der Waals surface area contributed by atoms with E-state index in [4.69, 9.17) is 13.9 Å². The van der Waals surface area contributed by atoms with Crippen LogP contribution in [0.5, 0.6) is 5.75 Å². The first-order valence-corrected chi connectivity index (χ1v) is 11.3. The number of fused-ring (bicyclic) bond motifs is 3. The third kappa shape index (κ3) is 3.61. The van der Waals surface area contributed by atoms with E-state index >= 15 is 0 Å². The summed E-state index contributed by atoms with van der Waals surface area (Å²) in [6.45, 7) is 1.95. The Morgan fingerprint density at radius 2 is 1.91 bits per heavy atom. The number of furan rings is 1. The number of nitrogens with zero attached hydrogens (tertiary/aromatic N) is 4. The van der Waals surface area contributed by atoms with Crippen molar-refractivity contribution < 1.29 is 18.7 Å². The Labute approximate surface area is 197 Å². The number of esters is 1. The molecule has 0 saturated heterocycles. The van der Waals surface area contributed by atoms with E-state index in [2.05, 4.69) is 10.2 Å². The highest BCUT2D eigenvalue weighted by molar-refractivity contribution is 7.98. The molecule has 0 bridgehead atoms. The lowest BCUT2D eigenvalue weighted by atomic mass is 10.2. The van der Waals surface area contributed by atoms with Crippen LogP contribution in [0.4, 0.5) is 0 Å². The molecule has 0 amide bonds. The van der Waals surface area contributed by atoms with E-state index in [0.717, 1.165) is 5.56 Å². The van der Waals surface area contributed by atoms with E-state index in [9.17, 15) is 9.59 Å². The van der Waals surface area contributed by atoms with Crippen molar-refractivity contribution in [2.75, 3.05) is 14.2 Å². The number of para-hydroxylation sites is 1. The standard InChI is InChI=1S/C24H20N4O5S/c1-14-8-10-19(31-2)18(12-14)27-21(29)16-6-4-5-7-17(16)28-23(27)25-26-24(28)34-13-15-9-11-20(33-15)22(30)32-3/h4-12H,13H2,1-3H3. The maximum Gasteiger partial charge on any atom is 0.373 e. The Balaban J connectivity index is 1.67. The van der Waals surface area contributed by atoms with Crippen LogP contribution in [0.15, 0.2) is 69.0 Å². The van der Waals surface area contributed by atoms with Gasteiger partial charge in [-0.05, 0) is 48.9 Å². The number of hydrogen-bond donors (Lipinski definition) is 0. The van der Waals surface area contributed by atoms with Crippen LogP contribution in [0, 0.1) is 6.92 Å². The molecular weight excluding hydrogens is 456 g/mol. The van der Waals surface area contributed by atoms with Gasteiger partial charge in [-0.15, -0.1) is 10.2 Å². The first kappa shape index (κ1) is 21.8. The van der Waals surface area contributed by atoms with E-state index in [-0.39, 0.29) is 11.3 Å². The Hall–Kier alpha value is -4.05. The van der Waals surface area contributed by atoms with E-state index in [1.807, 2.05) is 47.7 Å². The second-order valence-electron chi connectivity index (χ2n) is 7.50. The number of ether oxygens (including phenoxy) is 2. The van der Waals surface area contributed by atoms with Gasteiger partial charge in [0.15, 0.2) is 5.16 Å². The van der Waals surface area contributed by atoms with Crippen molar-refractivity contribution in [2.24, 2.45) is 0 Å². The lowest BCUT2D eigenvalue weighted by Crippen LogP contribution is -2.22. The number of carbonyl (C=O) groups excluding carboxylic acids is 1. The van der Waals surface area contributed by atoms with Gasteiger partial charge in [-0.25, -0.2) is 9.36 Å². The Morgan fingerprint density at radius 1 is 1.09 bits per heavy atom. The molecule has 5 rings (SSSR count). The van der Waals surface area contributed by atoms with Crippen molar-refractivity contribution in [1.82, 2.24) is 19.2 Å². The molecular formula is C24H20N4O5S. The fourth-order valence-electron chi connectivity index (χ4n) is 3.77. The Kier molecular flexibility index (Phi) is 5.58. The Morgan fingerprint density at radius 3 is 2.71 bits per heavy atom. The molecule has 3 heterocycles. The van der Waals surface area contributed by atoms with Gasteiger partial charge < -0.3 is 13.9 Å². The normalized spacial score (nSPS) is 11.3. The van der Waals surface area contributed by atoms with Crippen molar-refractivity contribution in [2.45, 2.75) is 17.8 Å². The Bertz CT molecular complexity index is 1600. The average Bonchev–Trinajstić information content (AvgIpc) is 3.50. The fourth-order valence-corrected chi connectivity index (χ4v) is 4.60. The van der Waals surface area contributed by atoms with Crippen molar-refractivity contribution in [3.8, 4) is 11.4 Å². The van der Waals surface area contributed by atoms with Gasteiger partial charge in [-0.1, -0.05) is 30.0 Å². The molecule has 0 fully saturated rings. The van der Waals surface area contributed by atoms with E-state index in [0.29, 0.717) is 44.8 Å². The van der Waals surface area contributed by atoms with Gasteiger partial charge in [-0.3, -0.25) is 9.20 Å². The molecule has 0 unspecified atom stereocenters. The van der Waals surface area contributed by atoms with Crippen molar-refractivity contribution in [3.05, 3.63) is 82.0 Å². The summed E-state index contributed by atoms with van der Waals surface area (Å²) in [5, 5.41) is 9.82. The van der Waals surface area contributed by atoms with Gasteiger partial charge in [0.25, 0.3) is 5.56 Å². The fraction of sp³-hybridized carbons (Fsp3) is 0.167. The van der Waals surface area contributed by atoms with Crippen LogP contribution in [-0.4, -0.2) is 39.4 Å². The summed E-state index contributed by atoms with van der Waals surface area (Å²) in [6, 6.07) is 16.2. The number of aryl methyl sites for hydroxylation is 1. The lowest BCUT2D eigenvalue weighted by molar-refractivity contribution is 0.0563. The van der Waals surface area contributed by atoms with Crippen molar-refractivity contribution >= 4 is 34.4 Å². The highest BCUT2D eigenvalue weighted by Gasteiger charge is 2.20. The summed E-state index contributed by atoms with van der Waals surface area (Å²) in [4.78, 5) is 25.2. The summed E-state index contributed by atoms with van der Waals surface area (Å²) in [7, 11) is 2.87. The minimum Gasteiger partial charge on any atom is -0.495 e. The lowest BCUT2D eigenvalue weighted by Gasteiger charge is -2.14. The summed E-state index contributed by atoms with van der Waals surface area (Å²) in [6.07, 6.45) is 0. The molecule has 0 radical (unpaired) electrons. The van der Waals surface area contributed by atoms with Crippen LogP contribution in [-0.2, 0) is 10.5 Å². The highest BCUT2D eigenvalue weighted by Crippen LogP contribution is 2.29. The minimum absolute atomic E-state index is 0.134. The molecule has 0 aliphatic rings. The molecule has 5 aromatic rings. The largest absolute Gasteiger partial charge is 0.495 e. The van der Waals surface area contributed by atoms with Gasteiger partial charge in [0.05, 0.1) is 36.6 Å². The topological polar surface area (TPSA) is 101 Å². The smallest absolute Gasteiger partial charge is 0.373 e. The molecule has 0 aliphatic heterocycles. The van der Waals surface area contributed by atoms with Crippen molar-refractivity contribution in [1.29, 1.82) is 0 Å². The zero-order valence-electron chi connectivity index (χ0n) is 18.6. The van der Waals surface area contributed by atoms with Gasteiger partial charge in [0, 0.05) is 0 Å². The first-order chi connectivity index (χ1) is 16.5. The van der Waals surface area contributed by atoms with E-state index in [1.165, 1.54) is 23.4 Å². The molecule has 2 aromatic carbocycles. The molecule has 0 aliphatic carbocycles. The molecule has 9 nitrogen and oxygen atoms in total. The molecule has 172 valence electrons. The summed E-state index contributed by atoms with van der Waals surface area (Å²) >= 11 is 1.38. The molecule has 0 atom stereocenters. The summed E-state index contributed by atoms with van der Waals surface area (Å²) in [5.74, 6) is 1.50. The number of hydrogen-bond acceptors (Lipinski definition) is 8.